The summed E-state index contributed by atoms with van der Waals surface area (Å²) in [4.78, 5) is 42.5. The van der Waals surface area contributed by atoms with Crippen molar-refractivity contribution in [3.05, 3.63) is 71.8 Å². The van der Waals surface area contributed by atoms with Crippen LogP contribution in [0.25, 0.3) is 0 Å². The van der Waals surface area contributed by atoms with Crippen LogP contribution < -0.4 is 16.0 Å². The molecule has 4 N–H and O–H groups in total. The Morgan fingerprint density at radius 3 is 2.00 bits per heavy atom. The average Bonchev–Trinajstić information content (AvgIpc) is 3.50. The second-order valence-electron chi connectivity index (χ2n) is 11.9. The van der Waals surface area contributed by atoms with Gasteiger partial charge in [-0.05, 0) is 48.6 Å². The third-order valence-electron chi connectivity index (χ3n) is 8.30. The second kappa shape index (κ2) is 11.7. The lowest BCUT2D eigenvalue weighted by Crippen LogP contribution is -2.88. The smallest absolute Gasteiger partial charge is 0.278 e. The second-order valence-corrected chi connectivity index (χ2v) is 11.9. The van der Waals surface area contributed by atoms with Crippen molar-refractivity contribution < 1.29 is 19.7 Å². The average molecular weight is 520 g/mol. The third-order valence-corrected chi connectivity index (χ3v) is 8.30. The molecule has 1 heterocycles. The van der Waals surface area contributed by atoms with Gasteiger partial charge >= 0.3 is 0 Å². The summed E-state index contributed by atoms with van der Waals surface area (Å²) in [6.07, 6.45) is 2.75. The number of amides is 3. The summed E-state index contributed by atoms with van der Waals surface area (Å²) in [5.74, 6) is -0.294. The van der Waals surface area contributed by atoms with Gasteiger partial charge in [0.15, 0.2) is 6.04 Å². The summed E-state index contributed by atoms with van der Waals surface area (Å²) in [5, 5.41) is 8.22. The van der Waals surface area contributed by atoms with Gasteiger partial charge in [-0.3, -0.25) is 14.4 Å². The number of fused-ring (bicyclic) bond motifs is 1. The standard InChI is InChI=1S/C31H42N4O3/c1-20(32-5)28(36)34-27(31(2,3)4)30(38)35-19-18-23-16-17-24(26(23)35)33-29(37)25(21-12-8-6-9-13-21)22-14-10-7-11-15-22/h6-15,20,23-27,32H,16-19H2,1-5H3,(H,33,37)(H,34,36)/p+1/t20-,23+,24-,26-,27+/m0/s1. The van der Waals surface area contributed by atoms with Crippen molar-refractivity contribution in [3.63, 3.8) is 0 Å². The molecule has 1 aliphatic carbocycles. The van der Waals surface area contributed by atoms with Crippen molar-refractivity contribution in [1.82, 2.24) is 15.5 Å². The fourth-order valence-electron chi connectivity index (χ4n) is 6.01. The third kappa shape index (κ3) is 5.93. The molecule has 0 bridgehead atoms. The van der Waals surface area contributed by atoms with E-state index in [0.717, 1.165) is 30.4 Å². The molecule has 2 aromatic rings. The Kier molecular flexibility index (Phi) is 8.56. The van der Waals surface area contributed by atoms with Crippen LogP contribution in [0, 0.1) is 11.3 Å². The molecule has 1 saturated carbocycles. The maximum absolute atomic E-state index is 14.0. The van der Waals surface area contributed by atoms with Gasteiger partial charge < -0.3 is 20.9 Å². The summed E-state index contributed by atoms with van der Waals surface area (Å²) in [6.45, 7) is 8.45. The Labute approximate surface area is 226 Å². The van der Waals surface area contributed by atoms with E-state index in [9.17, 15) is 14.4 Å². The van der Waals surface area contributed by atoms with Crippen LogP contribution in [-0.2, 0) is 14.4 Å². The molecule has 7 heteroatoms. The highest BCUT2D eigenvalue weighted by atomic mass is 16.2. The molecule has 204 valence electrons. The lowest BCUT2D eigenvalue weighted by atomic mass is 9.85. The summed E-state index contributed by atoms with van der Waals surface area (Å²) in [7, 11) is 1.85. The van der Waals surface area contributed by atoms with Gasteiger partial charge in [-0.2, -0.15) is 0 Å². The number of rotatable bonds is 8. The van der Waals surface area contributed by atoms with Crippen LogP contribution >= 0.6 is 0 Å². The first-order chi connectivity index (χ1) is 18.1. The van der Waals surface area contributed by atoms with E-state index in [2.05, 4.69) is 10.6 Å². The number of nitrogens with zero attached hydrogens (tertiary/aromatic N) is 1. The highest BCUT2D eigenvalue weighted by Crippen LogP contribution is 2.40. The molecular formula is C31H43N4O3+. The minimum Gasteiger partial charge on any atom is -0.350 e. The van der Waals surface area contributed by atoms with Gasteiger partial charge in [0.25, 0.3) is 5.91 Å². The molecule has 0 aromatic heterocycles. The van der Waals surface area contributed by atoms with Crippen LogP contribution in [-0.4, -0.2) is 60.4 Å². The Hall–Kier alpha value is -3.19. The SMILES string of the molecule is C[NH2+][C@@H](C)C(=O)N[C@H](C(=O)N1CC[C@H]2CC[C@H](NC(=O)C(c3ccccc3)c3ccccc3)[C@H]21)C(C)(C)C. The van der Waals surface area contributed by atoms with E-state index in [1.54, 1.807) is 0 Å². The van der Waals surface area contributed by atoms with Gasteiger partial charge in [-0.15, -0.1) is 0 Å². The van der Waals surface area contributed by atoms with Crippen molar-refractivity contribution in [2.75, 3.05) is 13.6 Å². The lowest BCUT2D eigenvalue weighted by molar-refractivity contribution is -0.646. The van der Waals surface area contributed by atoms with Gasteiger partial charge in [0.05, 0.1) is 19.0 Å². The van der Waals surface area contributed by atoms with Gasteiger partial charge in [-0.25, -0.2) is 0 Å². The molecule has 38 heavy (non-hydrogen) atoms. The number of likely N-dealkylation sites (tertiary alicyclic amines) is 1. The molecule has 3 amide bonds. The van der Waals surface area contributed by atoms with Crippen LogP contribution in [0.3, 0.4) is 0 Å². The first-order valence-electron chi connectivity index (χ1n) is 13.9. The van der Waals surface area contributed by atoms with Crippen LogP contribution in [0.4, 0.5) is 0 Å². The molecule has 2 aromatic carbocycles. The molecule has 1 saturated heterocycles. The van der Waals surface area contributed by atoms with Gasteiger partial charge in [0.1, 0.15) is 6.04 Å². The first kappa shape index (κ1) is 27.8. The van der Waals surface area contributed by atoms with E-state index in [-0.39, 0.29) is 35.8 Å². The number of carbonyl (C=O) groups excluding carboxylic acids is 3. The van der Waals surface area contributed by atoms with E-state index in [4.69, 9.17) is 0 Å². The molecule has 2 fully saturated rings. The number of likely N-dealkylation sites (N-methyl/N-ethyl adjacent to an activating group) is 1. The molecule has 1 aliphatic heterocycles. The number of nitrogens with two attached hydrogens (primary N) is 1. The maximum atomic E-state index is 14.0. The number of hydrogen-bond acceptors (Lipinski definition) is 3. The minimum absolute atomic E-state index is 0.0414. The summed E-state index contributed by atoms with van der Waals surface area (Å²) in [6, 6.07) is 18.6. The summed E-state index contributed by atoms with van der Waals surface area (Å²) >= 11 is 0. The normalized spacial score (nSPS) is 22.6. The number of quaternary nitrogens is 1. The van der Waals surface area contributed by atoms with E-state index in [1.807, 2.05) is 106 Å². The van der Waals surface area contributed by atoms with E-state index in [0.29, 0.717) is 12.5 Å². The fourth-order valence-corrected chi connectivity index (χ4v) is 6.01. The van der Waals surface area contributed by atoms with Crippen molar-refractivity contribution in [1.29, 1.82) is 0 Å². The van der Waals surface area contributed by atoms with Gasteiger partial charge in [0.2, 0.25) is 11.8 Å². The number of carbonyl (C=O) groups is 3. The quantitative estimate of drug-likeness (QED) is 0.500. The first-order valence-corrected chi connectivity index (χ1v) is 13.9. The van der Waals surface area contributed by atoms with Crippen LogP contribution in [0.1, 0.15) is 64.0 Å². The zero-order chi connectivity index (χ0) is 27.4. The molecule has 5 atom stereocenters. The zero-order valence-corrected chi connectivity index (χ0v) is 23.3. The lowest BCUT2D eigenvalue weighted by Gasteiger charge is -2.38. The number of benzene rings is 2. The molecule has 0 unspecified atom stereocenters. The molecule has 2 aliphatic rings. The monoisotopic (exact) mass is 519 g/mol. The highest BCUT2D eigenvalue weighted by molar-refractivity contribution is 5.90. The summed E-state index contributed by atoms with van der Waals surface area (Å²) < 4.78 is 0. The van der Waals surface area contributed by atoms with E-state index in [1.165, 1.54) is 0 Å². The largest absolute Gasteiger partial charge is 0.350 e. The van der Waals surface area contributed by atoms with E-state index < -0.39 is 17.4 Å². The molecule has 0 spiro atoms. The highest BCUT2D eigenvalue weighted by Gasteiger charge is 2.49. The predicted molar refractivity (Wildman–Crippen MR) is 148 cm³/mol. The van der Waals surface area contributed by atoms with Gasteiger partial charge in [0, 0.05) is 12.6 Å². The van der Waals surface area contributed by atoms with Gasteiger partial charge in [-0.1, -0.05) is 81.4 Å². The summed E-state index contributed by atoms with van der Waals surface area (Å²) in [5.41, 5.74) is 1.45. The number of nitrogens with one attached hydrogen (secondary N) is 2. The van der Waals surface area contributed by atoms with E-state index >= 15 is 0 Å². The molecule has 7 nitrogen and oxygen atoms in total. The molecule has 4 rings (SSSR count). The topological polar surface area (TPSA) is 95.1 Å². The Morgan fingerprint density at radius 2 is 1.47 bits per heavy atom. The van der Waals surface area contributed by atoms with Crippen molar-refractivity contribution in [2.45, 2.75) is 77.0 Å². The maximum Gasteiger partial charge on any atom is 0.278 e. The van der Waals surface area contributed by atoms with Crippen LogP contribution in [0.15, 0.2) is 60.7 Å². The van der Waals surface area contributed by atoms with Crippen molar-refractivity contribution in [2.24, 2.45) is 11.3 Å². The number of hydrogen-bond donors (Lipinski definition) is 3. The van der Waals surface area contributed by atoms with Crippen molar-refractivity contribution >= 4 is 17.7 Å². The zero-order valence-electron chi connectivity index (χ0n) is 23.3. The minimum atomic E-state index is -0.630. The fraction of sp³-hybridized carbons (Fsp3) is 0.516. The predicted octanol–water partition coefficient (Wildman–Crippen LogP) is 2.43. The van der Waals surface area contributed by atoms with Crippen molar-refractivity contribution in [3.8, 4) is 0 Å². The van der Waals surface area contributed by atoms with Crippen LogP contribution in [0.2, 0.25) is 0 Å². The Bertz CT molecular complexity index is 1080. The molecule has 0 radical (unpaired) electrons. The Morgan fingerprint density at radius 1 is 0.895 bits per heavy atom. The Balaban J connectivity index is 1.55. The molecular weight excluding hydrogens is 476 g/mol. The van der Waals surface area contributed by atoms with Crippen LogP contribution in [0.5, 0.6) is 0 Å².